The summed E-state index contributed by atoms with van der Waals surface area (Å²) in [7, 11) is 0. The van der Waals surface area contributed by atoms with E-state index in [2.05, 4.69) is 5.32 Å². The third-order valence-electron chi connectivity index (χ3n) is 4.69. The van der Waals surface area contributed by atoms with Gasteiger partial charge in [0.2, 0.25) is 0 Å². The number of hydrogen-bond acceptors (Lipinski definition) is 3. The number of anilines is 1. The molecule has 1 saturated heterocycles. The van der Waals surface area contributed by atoms with Gasteiger partial charge in [-0.15, -0.1) is 0 Å². The number of hydrogen-bond donors (Lipinski definition) is 2. The second kappa shape index (κ2) is 7.24. The highest BCUT2D eigenvalue weighted by molar-refractivity contribution is 6.31. The van der Waals surface area contributed by atoms with Crippen molar-refractivity contribution in [2.75, 3.05) is 25.5 Å². The fourth-order valence-electron chi connectivity index (χ4n) is 3.24. The summed E-state index contributed by atoms with van der Waals surface area (Å²) in [5, 5.41) is 3.77. The molecule has 3 rings (SSSR count). The van der Waals surface area contributed by atoms with Crippen LogP contribution in [0.4, 0.5) is 5.69 Å². The quantitative estimate of drug-likeness (QED) is 0.835. The summed E-state index contributed by atoms with van der Waals surface area (Å²) in [5.41, 5.74) is 7.73. The molecule has 3 N–H and O–H groups in total. The predicted octanol–water partition coefficient (Wildman–Crippen LogP) is 3.40. The van der Waals surface area contributed by atoms with Crippen LogP contribution in [-0.2, 0) is 10.2 Å². The van der Waals surface area contributed by atoms with Crippen molar-refractivity contribution >= 4 is 23.2 Å². The number of nitrogens with one attached hydrogen (secondary N) is 1. The fourth-order valence-corrected chi connectivity index (χ4v) is 3.58. The van der Waals surface area contributed by atoms with Crippen molar-refractivity contribution in [2.45, 2.75) is 18.3 Å². The summed E-state index contributed by atoms with van der Waals surface area (Å²) >= 11 is 6.43. The van der Waals surface area contributed by atoms with Crippen molar-refractivity contribution < 1.29 is 9.53 Å². The molecule has 5 heteroatoms. The lowest BCUT2D eigenvalue weighted by molar-refractivity contribution is 0.0487. The molecule has 0 aromatic heterocycles. The summed E-state index contributed by atoms with van der Waals surface area (Å²) in [6.45, 7) is 1.83. The Morgan fingerprint density at radius 2 is 1.79 bits per heavy atom. The number of halogens is 1. The van der Waals surface area contributed by atoms with E-state index < -0.39 is 0 Å². The molecule has 0 saturated carbocycles. The lowest BCUT2D eigenvalue weighted by Gasteiger charge is -2.38. The van der Waals surface area contributed by atoms with E-state index in [9.17, 15) is 4.79 Å². The third-order valence-corrected chi connectivity index (χ3v) is 5.02. The summed E-state index contributed by atoms with van der Waals surface area (Å²) in [6.07, 6.45) is 1.64. The monoisotopic (exact) mass is 344 g/mol. The van der Waals surface area contributed by atoms with Crippen LogP contribution >= 0.6 is 11.6 Å². The minimum Gasteiger partial charge on any atom is -0.398 e. The van der Waals surface area contributed by atoms with E-state index in [0.717, 1.165) is 23.4 Å². The maximum atomic E-state index is 12.5. The molecule has 2 aromatic rings. The number of para-hydroxylation sites is 1. The first kappa shape index (κ1) is 16.8. The second-order valence-corrected chi connectivity index (χ2v) is 6.55. The molecule has 4 nitrogen and oxygen atoms in total. The van der Waals surface area contributed by atoms with Gasteiger partial charge >= 0.3 is 0 Å². The highest BCUT2D eigenvalue weighted by atomic mass is 35.5. The van der Waals surface area contributed by atoms with Gasteiger partial charge in [-0.1, -0.05) is 41.9 Å². The topological polar surface area (TPSA) is 64.4 Å². The van der Waals surface area contributed by atoms with Crippen molar-refractivity contribution in [2.24, 2.45) is 0 Å². The molecule has 1 heterocycles. The van der Waals surface area contributed by atoms with Crippen LogP contribution in [0.2, 0.25) is 5.02 Å². The van der Waals surface area contributed by atoms with Gasteiger partial charge in [0.05, 0.1) is 5.56 Å². The minimum absolute atomic E-state index is 0.161. The summed E-state index contributed by atoms with van der Waals surface area (Å²) in [4.78, 5) is 12.5. The number of rotatable bonds is 4. The van der Waals surface area contributed by atoms with Gasteiger partial charge in [0.25, 0.3) is 5.91 Å². The van der Waals surface area contributed by atoms with E-state index >= 15 is 0 Å². The number of nitrogens with two attached hydrogens (primary N) is 1. The van der Waals surface area contributed by atoms with Gasteiger partial charge in [0, 0.05) is 35.9 Å². The smallest absolute Gasteiger partial charge is 0.253 e. The molecule has 0 atom stereocenters. The number of nitrogen functional groups attached to an aromatic ring is 1. The third kappa shape index (κ3) is 3.40. The van der Waals surface area contributed by atoms with E-state index in [0.29, 0.717) is 31.0 Å². The Morgan fingerprint density at radius 3 is 2.50 bits per heavy atom. The zero-order valence-electron chi connectivity index (χ0n) is 13.4. The van der Waals surface area contributed by atoms with E-state index in [1.54, 1.807) is 12.1 Å². The number of benzene rings is 2. The Bertz CT molecular complexity index is 727. The first-order valence-electron chi connectivity index (χ1n) is 8.08. The molecule has 0 spiro atoms. The Balaban J connectivity index is 1.82. The number of carbonyl (C=O) groups is 1. The van der Waals surface area contributed by atoms with Crippen molar-refractivity contribution in [3.63, 3.8) is 0 Å². The van der Waals surface area contributed by atoms with Gasteiger partial charge in [-0.25, -0.2) is 0 Å². The van der Waals surface area contributed by atoms with Crippen molar-refractivity contribution in [3.05, 3.63) is 64.7 Å². The average Bonchev–Trinajstić information content (AvgIpc) is 2.61. The second-order valence-electron chi connectivity index (χ2n) is 6.14. The normalized spacial score (nSPS) is 16.5. The molecule has 0 bridgehead atoms. The van der Waals surface area contributed by atoms with Crippen LogP contribution in [0.1, 0.15) is 28.8 Å². The molecule has 2 aromatic carbocycles. The van der Waals surface area contributed by atoms with Crippen LogP contribution in [-0.4, -0.2) is 25.7 Å². The average molecular weight is 345 g/mol. The van der Waals surface area contributed by atoms with Crippen molar-refractivity contribution in [3.8, 4) is 0 Å². The lowest BCUT2D eigenvalue weighted by atomic mass is 9.74. The predicted molar refractivity (Wildman–Crippen MR) is 96.4 cm³/mol. The Kier molecular flexibility index (Phi) is 5.07. The van der Waals surface area contributed by atoms with E-state index in [1.807, 2.05) is 36.4 Å². The summed E-state index contributed by atoms with van der Waals surface area (Å²) < 4.78 is 5.52. The van der Waals surface area contributed by atoms with Crippen molar-refractivity contribution in [1.29, 1.82) is 0 Å². The minimum atomic E-state index is -0.213. The van der Waals surface area contributed by atoms with Crippen LogP contribution in [0.15, 0.2) is 48.5 Å². The zero-order chi connectivity index (χ0) is 17.0. The van der Waals surface area contributed by atoms with Crippen LogP contribution in [0.25, 0.3) is 0 Å². The highest BCUT2D eigenvalue weighted by Crippen LogP contribution is 2.38. The van der Waals surface area contributed by atoms with Crippen molar-refractivity contribution in [1.82, 2.24) is 5.32 Å². The molecule has 0 aliphatic carbocycles. The SMILES string of the molecule is Nc1ccccc1C(=O)NCC1(c2ccccc2Cl)CCOCC1. The van der Waals surface area contributed by atoms with Gasteiger partial charge in [0.1, 0.15) is 0 Å². The molecule has 1 amide bonds. The maximum absolute atomic E-state index is 12.5. The number of carbonyl (C=O) groups excluding carboxylic acids is 1. The van der Waals surface area contributed by atoms with Crippen LogP contribution in [0.5, 0.6) is 0 Å². The molecular formula is C19H21ClN2O2. The molecule has 1 aliphatic rings. The standard InChI is InChI=1S/C19H21ClN2O2/c20-16-7-3-2-6-15(16)19(9-11-24-12-10-19)13-22-18(23)14-5-1-4-8-17(14)21/h1-8H,9-13,21H2,(H,22,23). The Hall–Kier alpha value is -2.04. The van der Waals surface area contributed by atoms with Crippen LogP contribution in [0.3, 0.4) is 0 Å². The Morgan fingerprint density at radius 1 is 1.12 bits per heavy atom. The largest absolute Gasteiger partial charge is 0.398 e. The molecule has 126 valence electrons. The van der Waals surface area contributed by atoms with Gasteiger partial charge < -0.3 is 15.8 Å². The van der Waals surface area contributed by atoms with Crippen LogP contribution < -0.4 is 11.1 Å². The first-order valence-corrected chi connectivity index (χ1v) is 8.46. The van der Waals surface area contributed by atoms with Crippen LogP contribution in [0, 0.1) is 0 Å². The maximum Gasteiger partial charge on any atom is 0.253 e. The molecule has 0 radical (unpaired) electrons. The van der Waals surface area contributed by atoms with E-state index in [4.69, 9.17) is 22.1 Å². The Labute approximate surface area is 147 Å². The van der Waals surface area contributed by atoms with Gasteiger partial charge in [-0.05, 0) is 36.6 Å². The molecule has 0 unspecified atom stereocenters. The summed E-state index contributed by atoms with van der Waals surface area (Å²) in [5.74, 6) is -0.161. The number of ether oxygens (including phenoxy) is 1. The van der Waals surface area contributed by atoms with Gasteiger partial charge in [0.15, 0.2) is 0 Å². The first-order chi connectivity index (χ1) is 11.6. The highest BCUT2D eigenvalue weighted by Gasteiger charge is 2.36. The van der Waals surface area contributed by atoms with Gasteiger partial charge in [-0.2, -0.15) is 0 Å². The number of amides is 1. The van der Waals surface area contributed by atoms with E-state index in [-0.39, 0.29) is 11.3 Å². The fraction of sp³-hybridized carbons (Fsp3) is 0.316. The summed E-state index contributed by atoms with van der Waals surface area (Å²) in [6, 6.07) is 14.9. The molecule has 24 heavy (non-hydrogen) atoms. The molecule has 1 aliphatic heterocycles. The lowest BCUT2D eigenvalue weighted by Crippen LogP contribution is -2.44. The molecular weight excluding hydrogens is 324 g/mol. The zero-order valence-corrected chi connectivity index (χ0v) is 14.2. The molecule has 1 fully saturated rings. The van der Waals surface area contributed by atoms with E-state index in [1.165, 1.54) is 0 Å². The van der Waals surface area contributed by atoms with Gasteiger partial charge in [-0.3, -0.25) is 4.79 Å².